The van der Waals surface area contributed by atoms with E-state index in [1.54, 1.807) is 0 Å². The highest BCUT2D eigenvalue weighted by atomic mass is 16.3. The first kappa shape index (κ1) is 10.1. The second-order valence-electron chi connectivity index (χ2n) is 5.91. The number of hydrogen-bond donors (Lipinski definition) is 1. The van der Waals surface area contributed by atoms with E-state index in [1.807, 2.05) is 0 Å². The first-order valence-corrected chi connectivity index (χ1v) is 5.53. The van der Waals surface area contributed by atoms with Gasteiger partial charge in [0.2, 0.25) is 0 Å². The molecule has 0 aromatic carbocycles. The molecule has 0 heterocycles. The molecule has 2 fully saturated rings. The average Bonchev–Trinajstić information content (AvgIpc) is 2.36. The van der Waals surface area contributed by atoms with Gasteiger partial charge in [0.15, 0.2) is 0 Å². The molecule has 14 heavy (non-hydrogen) atoms. The van der Waals surface area contributed by atoms with Gasteiger partial charge in [0.1, 0.15) is 0 Å². The molecule has 1 heteroatoms. The van der Waals surface area contributed by atoms with Gasteiger partial charge < -0.3 is 5.11 Å². The van der Waals surface area contributed by atoms with Gasteiger partial charge in [0.05, 0.1) is 5.60 Å². The molecule has 1 nitrogen and oxygen atoms in total. The van der Waals surface area contributed by atoms with Crippen LogP contribution in [0.3, 0.4) is 0 Å². The van der Waals surface area contributed by atoms with Gasteiger partial charge in [0, 0.05) is 11.8 Å². The summed E-state index contributed by atoms with van der Waals surface area (Å²) in [6, 6.07) is 0. The van der Waals surface area contributed by atoms with E-state index in [4.69, 9.17) is 6.42 Å². The standard InChI is InChI=1S/C13H20O/c1-5-7-13(14)9-10-6-8-12(13,4)11(10,2)3/h1,10,14H,6-9H2,2-4H3. The Morgan fingerprint density at radius 1 is 1.43 bits per heavy atom. The first-order chi connectivity index (χ1) is 6.37. The topological polar surface area (TPSA) is 20.2 Å². The third-order valence-corrected chi connectivity index (χ3v) is 5.44. The molecule has 0 aromatic heterocycles. The second kappa shape index (κ2) is 2.55. The van der Waals surface area contributed by atoms with Gasteiger partial charge in [-0.15, -0.1) is 12.3 Å². The zero-order valence-corrected chi connectivity index (χ0v) is 9.43. The third-order valence-electron chi connectivity index (χ3n) is 5.44. The van der Waals surface area contributed by atoms with Crippen LogP contribution in [0, 0.1) is 29.1 Å². The molecular weight excluding hydrogens is 172 g/mol. The summed E-state index contributed by atoms with van der Waals surface area (Å²) >= 11 is 0. The maximum Gasteiger partial charge on any atom is 0.0817 e. The van der Waals surface area contributed by atoms with Crippen LogP contribution in [0.1, 0.15) is 46.5 Å². The molecule has 0 saturated heterocycles. The Morgan fingerprint density at radius 3 is 2.43 bits per heavy atom. The molecule has 0 spiro atoms. The lowest BCUT2D eigenvalue weighted by Crippen LogP contribution is -2.46. The van der Waals surface area contributed by atoms with Crippen molar-refractivity contribution in [1.29, 1.82) is 0 Å². The number of rotatable bonds is 1. The molecule has 0 radical (unpaired) electrons. The molecule has 2 aliphatic rings. The summed E-state index contributed by atoms with van der Waals surface area (Å²) in [5.41, 5.74) is -0.330. The van der Waals surface area contributed by atoms with Crippen LogP contribution < -0.4 is 0 Å². The highest BCUT2D eigenvalue weighted by Gasteiger charge is 2.67. The number of aliphatic hydroxyl groups is 1. The highest BCUT2D eigenvalue weighted by molar-refractivity contribution is 5.20. The quantitative estimate of drug-likeness (QED) is 0.633. The van der Waals surface area contributed by atoms with Gasteiger partial charge in [-0.1, -0.05) is 20.8 Å². The lowest BCUT2D eigenvalue weighted by Gasteiger charge is -2.44. The molecule has 2 rings (SSSR count). The molecule has 78 valence electrons. The molecule has 0 aliphatic heterocycles. The summed E-state index contributed by atoms with van der Waals surface area (Å²) in [6.45, 7) is 6.80. The lowest BCUT2D eigenvalue weighted by atomic mass is 9.63. The fourth-order valence-corrected chi connectivity index (χ4v) is 3.86. The summed E-state index contributed by atoms with van der Waals surface area (Å²) in [5.74, 6) is 3.31. The SMILES string of the molecule is C#CCC1(O)CC2CCC1(C)C2(C)C. The van der Waals surface area contributed by atoms with Crippen molar-refractivity contribution in [1.82, 2.24) is 0 Å². The molecule has 0 amide bonds. The molecule has 2 aliphatic carbocycles. The molecule has 2 bridgehead atoms. The van der Waals surface area contributed by atoms with E-state index in [0.717, 1.165) is 12.8 Å². The Morgan fingerprint density at radius 2 is 2.07 bits per heavy atom. The fraction of sp³-hybridized carbons (Fsp3) is 0.846. The smallest absolute Gasteiger partial charge is 0.0817 e. The summed E-state index contributed by atoms with van der Waals surface area (Å²) in [6.07, 6.45) is 9.17. The molecule has 3 unspecified atom stereocenters. The van der Waals surface area contributed by atoms with E-state index >= 15 is 0 Å². The van der Waals surface area contributed by atoms with Gasteiger partial charge in [-0.2, -0.15) is 0 Å². The van der Waals surface area contributed by atoms with Crippen molar-refractivity contribution in [3.63, 3.8) is 0 Å². The van der Waals surface area contributed by atoms with Gasteiger partial charge in [-0.05, 0) is 30.6 Å². The van der Waals surface area contributed by atoms with Crippen molar-refractivity contribution in [2.75, 3.05) is 0 Å². The highest BCUT2D eigenvalue weighted by Crippen LogP contribution is 2.70. The van der Waals surface area contributed by atoms with Crippen molar-refractivity contribution in [3.05, 3.63) is 0 Å². The van der Waals surface area contributed by atoms with E-state index in [9.17, 15) is 5.11 Å². The predicted octanol–water partition coefficient (Wildman–Crippen LogP) is 2.59. The number of hydrogen-bond acceptors (Lipinski definition) is 1. The summed E-state index contributed by atoms with van der Waals surface area (Å²) in [4.78, 5) is 0. The Hall–Kier alpha value is -0.480. The van der Waals surface area contributed by atoms with E-state index in [2.05, 4.69) is 26.7 Å². The first-order valence-electron chi connectivity index (χ1n) is 5.53. The van der Waals surface area contributed by atoms with Gasteiger partial charge >= 0.3 is 0 Å². The van der Waals surface area contributed by atoms with Crippen LogP contribution >= 0.6 is 0 Å². The minimum atomic E-state index is -0.603. The van der Waals surface area contributed by atoms with Crippen molar-refractivity contribution < 1.29 is 5.11 Å². The van der Waals surface area contributed by atoms with Gasteiger partial charge in [0.25, 0.3) is 0 Å². The minimum absolute atomic E-state index is 0.0248. The minimum Gasteiger partial charge on any atom is -0.388 e. The van der Waals surface area contributed by atoms with Crippen molar-refractivity contribution in [2.45, 2.75) is 52.1 Å². The molecule has 1 N–H and O–H groups in total. The molecule has 0 aromatic rings. The second-order valence-corrected chi connectivity index (χ2v) is 5.91. The largest absolute Gasteiger partial charge is 0.388 e. The van der Waals surface area contributed by atoms with Crippen LogP contribution in [-0.4, -0.2) is 10.7 Å². The molecule has 2 saturated carbocycles. The normalized spacial score (nSPS) is 49.2. The van der Waals surface area contributed by atoms with E-state index < -0.39 is 5.60 Å². The van der Waals surface area contributed by atoms with Crippen LogP contribution in [0.4, 0.5) is 0 Å². The zero-order chi connectivity index (χ0) is 10.6. The maximum atomic E-state index is 10.6. The van der Waals surface area contributed by atoms with Gasteiger partial charge in [-0.25, -0.2) is 0 Å². The summed E-state index contributed by atoms with van der Waals surface area (Å²) in [5, 5.41) is 10.6. The maximum absolute atomic E-state index is 10.6. The zero-order valence-electron chi connectivity index (χ0n) is 9.43. The van der Waals surface area contributed by atoms with Crippen molar-refractivity contribution >= 4 is 0 Å². The van der Waals surface area contributed by atoms with Crippen LogP contribution in [0.2, 0.25) is 0 Å². The predicted molar refractivity (Wildman–Crippen MR) is 57.6 cm³/mol. The number of fused-ring (bicyclic) bond motifs is 2. The van der Waals surface area contributed by atoms with E-state index in [0.29, 0.717) is 12.3 Å². The molecular formula is C13H20O. The van der Waals surface area contributed by atoms with Crippen LogP contribution in [0.25, 0.3) is 0 Å². The lowest BCUT2D eigenvalue weighted by molar-refractivity contribution is -0.0851. The Labute approximate surface area is 86.9 Å². The third kappa shape index (κ3) is 0.859. The Kier molecular flexibility index (Phi) is 1.83. The van der Waals surface area contributed by atoms with Crippen LogP contribution in [0.5, 0.6) is 0 Å². The molecule has 3 atom stereocenters. The van der Waals surface area contributed by atoms with Gasteiger partial charge in [-0.3, -0.25) is 0 Å². The van der Waals surface area contributed by atoms with E-state index in [-0.39, 0.29) is 10.8 Å². The number of terminal acetylenes is 1. The van der Waals surface area contributed by atoms with E-state index in [1.165, 1.54) is 6.42 Å². The Balaban J connectivity index is 2.41. The fourth-order valence-electron chi connectivity index (χ4n) is 3.86. The summed E-state index contributed by atoms with van der Waals surface area (Å²) in [7, 11) is 0. The van der Waals surface area contributed by atoms with Crippen LogP contribution in [-0.2, 0) is 0 Å². The van der Waals surface area contributed by atoms with Crippen molar-refractivity contribution in [3.8, 4) is 12.3 Å². The summed E-state index contributed by atoms with van der Waals surface area (Å²) < 4.78 is 0. The monoisotopic (exact) mass is 192 g/mol. The van der Waals surface area contributed by atoms with Crippen molar-refractivity contribution in [2.24, 2.45) is 16.7 Å². The Bertz CT molecular complexity index is 299. The average molecular weight is 192 g/mol. The van der Waals surface area contributed by atoms with Crippen LogP contribution in [0.15, 0.2) is 0 Å².